The van der Waals surface area contributed by atoms with Crippen molar-refractivity contribution in [3.05, 3.63) is 41.2 Å². The van der Waals surface area contributed by atoms with Crippen LogP contribution in [0.15, 0.2) is 24.3 Å². The lowest BCUT2D eigenvalue weighted by Gasteiger charge is -2.03. The summed E-state index contributed by atoms with van der Waals surface area (Å²) in [5.41, 5.74) is 1.34. The highest BCUT2D eigenvalue weighted by Gasteiger charge is 2.06. The zero-order valence-corrected chi connectivity index (χ0v) is 10.1. The van der Waals surface area contributed by atoms with Crippen molar-refractivity contribution in [3.8, 4) is 11.5 Å². The first kappa shape index (κ1) is 12.7. The van der Waals surface area contributed by atoms with Crippen molar-refractivity contribution in [2.45, 2.75) is 0 Å². The van der Waals surface area contributed by atoms with Crippen LogP contribution in [-0.2, 0) is 0 Å². The lowest BCUT2D eigenvalue weighted by Crippen LogP contribution is -1.95. The molecule has 1 aromatic heterocycles. The number of aromatic nitrogens is 2. The molecule has 2 aromatic rings. The summed E-state index contributed by atoms with van der Waals surface area (Å²) < 4.78 is 4.99. The van der Waals surface area contributed by atoms with Crippen LogP contribution in [0.4, 0.5) is 0 Å². The zero-order chi connectivity index (χ0) is 13.8. The van der Waals surface area contributed by atoms with Gasteiger partial charge in [0.2, 0.25) is 0 Å². The van der Waals surface area contributed by atoms with E-state index in [1.54, 1.807) is 24.3 Å². The van der Waals surface area contributed by atoms with E-state index in [1.165, 1.54) is 19.2 Å². The number of nitrogens with zero attached hydrogens (tertiary/aromatic N) is 1. The number of nitrogens with one attached hydrogen (secondary N) is 1. The number of ether oxygens (including phenoxy) is 1. The summed E-state index contributed by atoms with van der Waals surface area (Å²) in [6.07, 6.45) is 3.44. The molecule has 0 aliphatic heterocycles. The van der Waals surface area contributed by atoms with E-state index in [0.29, 0.717) is 11.4 Å². The maximum Gasteiger partial charge on any atom is 0.356 e. The number of phenols is 1. The van der Waals surface area contributed by atoms with Crippen LogP contribution in [0.3, 0.4) is 0 Å². The average molecular weight is 260 g/mol. The molecule has 0 spiro atoms. The SMILES string of the molecule is COc1cc(/C=C/c2cc(C(=O)O)n[nH]2)ccc1O. The summed E-state index contributed by atoms with van der Waals surface area (Å²) in [7, 11) is 1.47. The molecular weight excluding hydrogens is 248 g/mol. The number of aromatic hydroxyl groups is 1. The van der Waals surface area contributed by atoms with Gasteiger partial charge in [-0.3, -0.25) is 5.10 Å². The Kier molecular flexibility index (Phi) is 3.51. The predicted octanol–water partition coefficient (Wildman–Crippen LogP) is 1.99. The molecule has 98 valence electrons. The Labute approximate surface area is 109 Å². The fraction of sp³-hybridized carbons (Fsp3) is 0.0769. The van der Waals surface area contributed by atoms with E-state index in [9.17, 15) is 9.90 Å². The molecule has 0 aliphatic rings. The number of H-pyrrole nitrogens is 1. The molecule has 19 heavy (non-hydrogen) atoms. The number of carbonyl (C=O) groups is 1. The Bertz CT molecular complexity index is 631. The second kappa shape index (κ2) is 5.26. The maximum absolute atomic E-state index is 10.7. The largest absolute Gasteiger partial charge is 0.504 e. The van der Waals surface area contributed by atoms with Crippen LogP contribution in [0.5, 0.6) is 11.5 Å². The molecule has 0 radical (unpaired) electrons. The van der Waals surface area contributed by atoms with Gasteiger partial charge in [0.05, 0.1) is 12.8 Å². The topological polar surface area (TPSA) is 95.4 Å². The summed E-state index contributed by atoms with van der Waals surface area (Å²) in [5.74, 6) is -0.644. The highest BCUT2D eigenvalue weighted by Crippen LogP contribution is 2.26. The van der Waals surface area contributed by atoms with Gasteiger partial charge in [0.25, 0.3) is 0 Å². The molecule has 0 amide bonds. The number of rotatable bonds is 4. The minimum absolute atomic E-state index is 0.0389. The van der Waals surface area contributed by atoms with Crippen LogP contribution >= 0.6 is 0 Å². The van der Waals surface area contributed by atoms with E-state index in [1.807, 2.05) is 0 Å². The molecule has 0 atom stereocenters. The van der Waals surface area contributed by atoms with Crippen molar-refractivity contribution in [2.75, 3.05) is 7.11 Å². The summed E-state index contributed by atoms with van der Waals surface area (Å²) in [4.78, 5) is 10.7. The van der Waals surface area contributed by atoms with E-state index in [4.69, 9.17) is 9.84 Å². The van der Waals surface area contributed by atoms with Crippen molar-refractivity contribution in [1.82, 2.24) is 10.2 Å². The normalized spacial score (nSPS) is 10.8. The molecular formula is C13H12N2O4. The first-order valence-electron chi connectivity index (χ1n) is 5.44. The smallest absolute Gasteiger partial charge is 0.356 e. The van der Waals surface area contributed by atoms with Crippen molar-refractivity contribution in [2.24, 2.45) is 0 Å². The third-order valence-corrected chi connectivity index (χ3v) is 2.48. The van der Waals surface area contributed by atoms with Gasteiger partial charge in [-0.25, -0.2) is 4.79 Å². The number of hydrogen-bond donors (Lipinski definition) is 3. The number of methoxy groups -OCH3 is 1. The number of carboxylic acid groups (broad SMARTS) is 1. The molecule has 6 heteroatoms. The molecule has 0 bridgehead atoms. The van der Waals surface area contributed by atoms with E-state index >= 15 is 0 Å². The Morgan fingerprint density at radius 3 is 2.79 bits per heavy atom. The minimum atomic E-state index is -1.08. The average Bonchev–Trinajstić information content (AvgIpc) is 2.87. The molecule has 2 rings (SSSR count). The highest BCUT2D eigenvalue weighted by atomic mass is 16.5. The number of aromatic amines is 1. The number of aromatic carboxylic acids is 1. The quantitative estimate of drug-likeness (QED) is 0.781. The standard InChI is InChI=1S/C13H12N2O4/c1-19-12-6-8(3-5-11(12)16)2-4-9-7-10(13(17)18)15-14-9/h2-7,16H,1H3,(H,14,15)(H,17,18)/b4-2+. The lowest BCUT2D eigenvalue weighted by atomic mass is 10.1. The predicted molar refractivity (Wildman–Crippen MR) is 69.1 cm³/mol. The molecule has 0 fully saturated rings. The maximum atomic E-state index is 10.7. The fourth-order valence-electron chi connectivity index (χ4n) is 1.52. The molecule has 0 aliphatic carbocycles. The van der Waals surface area contributed by atoms with Crippen molar-refractivity contribution < 1.29 is 19.7 Å². The van der Waals surface area contributed by atoms with Gasteiger partial charge in [0.15, 0.2) is 17.2 Å². The van der Waals surface area contributed by atoms with Crippen molar-refractivity contribution in [3.63, 3.8) is 0 Å². The third-order valence-electron chi connectivity index (χ3n) is 2.48. The van der Waals surface area contributed by atoms with Gasteiger partial charge in [0, 0.05) is 0 Å². The monoisotopic (exact) mass is 260 g/mol. The van der Waals surface area contributed by atoms with Gasteiger partial charge in [-0.15, -0.1) is 0 Å². The molecule has 3 N–H and O–H groups in total. The molecule has 0 unspecified atom stereocenters. The van der Waals surface area contributed by atoms with E-state index in [2.05, 4.69) is 10.2 Å². The van der Waals surface area contributed by atoms with E-state index in [0.717, 1.165) is 5.56 Å². The summed E-state index contributed by atoms with van der Waals surface area (Å²) in [6, 6.07) is 6.33. The van der Waals surface area contributed by atoms with Crippen LogP contribution in [0.25, 0.3) is 12.2 Å². The minimum Gasteiger partial charge on any atom is -0.504 e. The van der Waals surface area contributed by atoms with Crippen molar-refractivity contribution >= 4 is 18.1 Å². The van der Waals surface area contributed by atoms with Crippen LogP contribution in [-0.4, -0.2) is 33.5 Å². The Morgan fingerprint density at radius 2 is 2.16 bits per heavy atom. The third kappa shape index (κ3) is 2.92. The number of benzene rings is 1. The summed E-state index contributed by atoms with van der Waals surface area (Å²) in [5, 5.41) is 24.4. The zero-order valence-electron chi connectivity index (χ0n) is 10.1. The molecule has 0 saturated heterocycles. The summed E-state index contributed by atoms with van der Waals surface area (Å²) in [6.45, 7) is 0. The van der Waals surface area contributed by atoms with Crippen LogP contribution in [0.2, 0.25) is 0 Å². The Hall–Kier alpha value is -2.76. The van der Waals surface area contributed by atoms with Gasteiger partial charge >= 0.3 is 5.97 Å². The Morgan fingerprint density at radius 1 is 1.37 bits per heavy atom. The van der Waals surface area contributed by atoms with E-state index < -0.39 is 5.97 Å². The first-order valence-corrected chi connectivity index (χ1v) is 5.44. The van der Waals surface area contributed by atoms with Gasteiger partial charge in [0.1, 0.15) is 0 Å². The molecule has 1 heterocycles. The van der Waals surface area contributed by atoms with Crippen LogP contribution < -0.4 is 4.74 Å². The summed E-state index contributed by atoms with van der Waals surface area (Å²) >= 11 is 0. The molecule has 0 saturated carbocycles. The second-order valence-corrected chi connectivity index (χ2v) is 3.78. The van der Waals surface area contributed by atoms with Crippen LogP contribution in [0, 0.1) is 0 Å². The second-order valence-electron chi connectivity index (χ2n) is 3.78. The highest BCUT2D eigenvalue weighted by molar-refractivity contribution is 5.86. The molecule has 6 nitrogen and oxygen atoms in total. The molecule has 1 aromatic carbocycles. The lowest BCUT2D eigenvalue weighted by molar-refractivity contribution is 0.0690. The number of carboxylic acids is 1. The first-order chi connectivity index (χ1) is 9.10. The van der Waals surface area contributed by atoms with E-state index in [-0.39, 0.29) is 11.4 Å². The van der Waals surface area contributed by atoms with Gasteiger partial charge < -0.3 is 14.9 Å². The number of phenolic OH excluding ortho intramolecular Hbond substituents is 1. The van der Waals surface area contributed by atoms with Gasteiger partial charge in [-0.2, -0.15) is 5.10 Å². The van der Waals surface area contributed by atoms with Crippen LogP contribution in [0.1, 0.15) is 21.7 Å². The fourth-order valence-corrected chi connectivity index (χ4v) is 1.52. The van der Waals surface area contributed by atoms with Crippen molar-refractivity contribution in [1.29, 1.82) is 0 Å². The van der Waals surface area contributed by atoms with Gasteiger partial charge in [-0.05, 0) is 29.8 Å². The number of hydrogen-bond acceptors (Lipinski definition) is 4. The van der Waals surface area contributed by atoms with Gasteiger partial charge in [-0.1, -0.05) is 12.1 Å². The Balaban J connectivity index is 2.19.